The SMILES string of the molecule is Cc1cccc(COO)c1CONc1ccc(OCC(C)(C)COc2ccc(NC(=O)c3c(C(=O)O)cccc3[N+](=O)[O-])cc2)cc1. The summed E-state index contributed by atoms with van der Waals surface area (Å²) >= 11 is 0. The van der Waals surface area contributed by atoms with Gasteiger partial charge in [0.2, 0.25) is 0 Å². The van der Waals surface area contributed by atoms with Crippen molar-refractivity contribution >= 4 is 28.9 Å². The highest BCUT2D eigenvalue weighted by Crippen LogP contribution is 2.26. The Kier molecular flexibility index (Phi) is 11.5. The number of hydrogen-bond acceptors (Lipinski definition) is 10. The van der Waals surface area contributed by atoms with Gasteiger partial charge in [0.15, 0.2) is 0 Å². The second-order valence-corrected chi connectivity index (χ2v) is 11.4. The smallest absolute Gasteiger partial charge is 0.336 e. The number of nitrogens with zero attached hydrogens (tertiary/aromatic N) is 1. The lowest BCUT2D eigenvalue weighted by atomic mass is 9.96. The van der Waals surface area contributed by atoms with Gasteiger partial charge >= 0.3 is 5.97 Å². The number of carbonyl (C=O) groups is 2. The molecule has 4 rings (SSSR count). The minimum Gasteiger partial charge on any atom is -0.493 e. The first-order chi connectivity index (χ1) is 22.5. The Balaban J connectivity index is 1.25. The number of anilines is 2. The van der Waals surface area contributed by atoms with Crippen LogP contribution in [0.2, 0.25) is 0 Å². The number of rotatable bonds is 16. The summed E-state index contributed by atoms with van der Waals surface area (Å²) in [4.78, 5) is 44.9. The number of hydrogen-bond donors (Lipinski definition) is 4. The molecular weight excluding hydrogens is 610 g/mol. The van der Waals surface area contributed by atoms with Crippen LogP contribution in [-0.2, 0) is 22.9 Å². The van der Waals surface area contributed by atoms with Gasteiger partial charge in [-0.3, -0.25) is 30.5 Å². The molecule has 0 saturated heterocycles. The molecule has 0 atom stereocenters. The lowest BCUT2D eigenvalue weighted by Gasteiger charge is -2.25. The van der Waals surface area contributed by atoms with E-state index in [1.807, 2.05) is 63.2 Å². The van der Waals surface area contributed by atoms with E-state index in [0.29, 0.717) is 30.4 Å². The molecule has 0 aliphatic heterocycles. The fourth-order valence-corrected chi connectivity index (χ4v) is 4.52. The summed E-state index contributed by atoms with van der Waals surface area (Å²) in [6, 6.07) is 22.8. The first-order valence-corrected chi connectivity index (χ1v) is 14.5. The van der Waals surface area contributed by atoms with Crippen molar-refractivity contribution in [2.24, 2.45) is 5.41 Å². The fraction of sp³-hybridized carbons (Fsp3) is 0.235. The van der Waals surface area contributed by atoms with Crippen LogP contribution in [0.1, 0.15) is 51.3 Å². The van der Waals surface area contributed by atoms with Gasteiger partial charge in [0.05, 0.1) is 29.4 Å². The molecule has 0 bridgehead atoms. The van der Waals surface area contributed by atoms with Crippen LogP contribution in [0, 0.1) is 22.5 Å². The lowest BCUT2D eigenvalue weighted by Crippen LogP contribution is -2.28. The second kappa shape index (κ2) is 15.7. The van der Waals surface area contributed by atoms with Crippen molar-refractivity contribution in [3.8, 4) is 11.5 Å². The van der Waals surface area contributed by atoms with Crippen LogP contribution in [0.4, 0.5) is 17.1 Å². The third-order valence-electron chi connectivity index (χ3n) is 7.06. The average molecular weight is 646 g/mol. The number of carboxylic acid groups (broad SMARTS) is 1. The van der Waals surface area contributed by atoms with Crippen molar-refractivity contribution in [1.82, 2.24) is 0 Å². The standard InChI is InChI=1S/C34H35N3O10/c1-22-6-4-7-23(18-47-43)29(22)19-46-36-25-12-16-27(17-13-25)45-21-34(2,3)20-44-26-14-10-24(11-15-26)35-32(38)31-28(33(39)40)8-5-9-30(31)37(41)42/h4-17,36,43H,18-21H2,1-3H3,(H,35,38)(H,39,40). The Morgan fingerprint density at radius 3 is 2.02 bits per heavy atom. The molecule has 0 saturated carbocycles. The highest BCUT2D eigenvalue weighted by atomic mass is 17.1. The molecule has 4 N–H and O–H groups in total. The molecule has 0 aromatic heterocycles. The number of aromatic carboxylic acids is 1. The molecular formula is C34H35N3O10. The van der Waals surface area contributed by atoms with Crippen molar-refractivity contribution in [3.05, 3.63) is 123 Å². The zero-order valence-electron chi connectivity index (χ0n) is 26.0. The molecule has 4 aromatic carbocycles. The van der Waals surface area contributed by atoms with Crippen molar-refractivity contribution in [2.75, 3.05) is 24.0 Å². The molecule has 0 aliphatic carbocycles. The summed E-state index contributed by atoms with van der Waals surface area (Å²) in [6.07, 6.45) is 0. The predicted molar refractivity (Wildman–Crippen MR) is 173 cm³/mol. The van der Waals surface area contributed by atoms with Gasteiger partial charge in [-0.15, -0.1) is 0 Å². The summed E-state index contributed by atoms with van der Waals surface area (Å²) < 4.78 is 11.9. The summed E-state index contributed by atoms with van der Waals surface area (Å²) in [6.45, 7) is 6.95. The van der Waals surface area contributed by atoms with E-state index < -0.39 is 33.6 Å². The Labute approximate surface area is 270 Å². The number of nitrogens with one attached hydrogen (secondary N) is 2. The van der Waals surface area contributed by atoms with E-state index in [4.69, 9.17) is 19.6 Å². The molecule has 13 heteroatoms. The maximum atomic E-state index is 12.8. The number of nitro benzene ring substituents is 1. The van der Waals surface area contributed by atoms with Crippen LogP contribution in [0.3, 0.4) is 0 Å². The number of ether oxygens (including phenoxy) is 2. The third kappa shape index (κ3) is 9.50. The Morgan fingerprint density at radius 2 is 1.45 bits per heavy atom. The van der Waals surface area contributed by atoms with Crippen LogP contribution in [-0.4, -0.2) is 40.4 Å². The molecule has 246 valence electrons. The Morgan fingerprint density at radius 1 is 0.851 bits per heavy atom. The van der Waals surface area contributed by atoms with E-state index in [0.717, 1.165) is 34.5 Å². The van der Waals surface area contributed by atoms with E-state index in [2.05, 4.69) is 15.7 Å². The topological polar surface area (TPSA) is 179 Å². The van der Waals surface area contributed by atoms with E-state index in [1.54, 1.807) is 24.3 Å². The van der Waals surface area contributed by atoms with Gasteiger partial charge in [0.1, 0.15) is 30.3 Å². The first-order valence-electron chi connectivity index (χ1n) is 14.5. The molecule has 0 radical (unpaired) electrons. The van der Waals surface area contributed by atoms with E-state index >= 15 is 0 Å². The second-order valence-electron chi connectivity index (χ2n) is 11.4. The van der Waals surface area contributed by atoms with Crippen molar-refractivity contribution < 1.29 is 44.1 Å². The predicted octanol–water partition coefficient (Wildman–Crippen LogP) is 6.87. The Bertz CT molecular complexity index is 1670. The van der Waals surface area contributed by atoms with Gasteiger partial charge in [0.25, 0.3) is 11.6 Å². The van der Waals surface area contributed by atoms with Crippen LogP contribution >= 0.6 is 0 Å². The van der Waals surface area contributed by atoms with Crippen molar-refractivity contribution in [2.45, 2.75) is 34.0 Å². The zero-order valence-corrected chi connectivity index (χ0v) is 26.0. The van der Waals surface area contributed by atoms with Crippen LogP contribution < -0.4 is 20.3 Å². The number of benzene rings is 4. The molecule has 1 amide bonds. The van der Waals surface area contributed by atoms with Gasteiger partial charge < -0.3 is 19.9 Å². The molecule has 0 fully saturated rings. The largest absolute Gasteiger partial charge is 0.493 e. The maximum Gasteiger partial charge on any atom is 0.336 e. The fourth-order valence-electron chi connectivity index (χ4n) is 4.52. The minimum atomic E-state index is -1.45. The summed E-state index contributed by atoms with van der Waals surface area (Å²) in [5, 5.41) is 32.1. The van der Waals surface area contributed by atoms with E-state index in [-0.39, 0.29) is 18.6 Å². The van der Waals surface area contributed by atoms with Crippen molar-refractivity contribution in [3.63, 3.8) is 0 Å². The molecule has 0 unspecified atom stereocenters. The highest BCUT2D eigenvalue weighted by Gasteiger charge is 2.27. The van der Waals surface area contributed by atoms with Crippen LogP contribution in [0.5, 0.6) is 11.5 Å². The van der Waals surface area contributed by atoms with Gasteiger partial charge in [0, 0.05) is 17.2 Å². The molecule has 47 heavy (non-hydrogen) atoms. The molecule has 4 aromatic rings. The number of carbonyl (C=O) groups excluding carboxylic acids is 1. The monoisotopic (exact) mass is 645 g/mol. The number of carboxylic acids is 1. The number of nitro groups is 1. The van der Waals surface area contributed by atoms with E-state index in [9.17, 15) is 24.8 Å². The highest BCUT2D eigenvalue weighted by molar-refractivity contribution is 6.13. The van der Waals surface area contributed by atoms with Gasteiger partial charge in [-0.25, -0.2) is 9.68 Å². The number of aryl methyl sites for hydroxylation is 1. The molecule has 13 nitrogen and oxygen atoms in total. The lowest BCUT2D eigenvalue weighted by molar-refractivity contribution is -0.385. The first kappa shape index (κ1) is 34.4. The van der Waals surface area contributed by atoms with Crippen LogP contribution in [0.15, 0.2) is 84.9 Å². The van der Waals surface area contributed by atoms with Gasteiger partial charge in [-0.05, 0) is 78.2 Å². The van der Waals surface area contributed by atoms with Gasteiger partial charge in [-0.2, -0.15) is 0 Å². The third-order valence-corrected chi connectivity index (χ3v) is 7.06. The average Bonchev–Trinajstić information content (AvgIpc) is 3.05. The quantitative estimate of drug-likeness (QED) is 0.0567. The normalized spacial score (nSPS) is 11.1. The summed E-state index contributed by atoms with van der Waals surface area (Å²) in [5.41, 5.74) is 4.74. The Hall–Kier alpha value is -5.50. The van der Waals surface area contributed by atoms with Crippen LogP contribution in [0.25, 0.3) is 0 Å². The molecule has 0 aliphatic rings. The summed E-state index contributed by atoms with van der Waals surface area (Å²) in [7, 11) is 0. The van der Waals surface area contributed by atoms with Gasteiger partial charge in [-0.1, -0.05) is 38.1 Å². The maximum absolute atomic E-state index is 12.8. The van der Waals surface area contributed by atoms with E-state index in [1.165, 1.54) is 6.07 Å². The number of amides is 1. The minimum absolute atomic E-state index is 0.0726. The van der Waals surface area contributed by atoms with Crippen molar-refractivity contribution in [1.29, 1.82) is 0 Å². The molecule has 0 spiro atoms. The summed E-state index contributed by atoms with van der Waals surface area (Å²) in [5.74, 6) is -1.18. The molecule has 0 heterocycles. The zero-order chi connectivity index (χ0) is 34.0.